The van der Waals surface area contributed by atoms with Crippen molar-refractivity contribution in [1.82, 2.24) is 9.55 Å². The highest BCUT2D eigenvalue weighted by Gasteiger charge is 2.38. The molecule has 2 aromatic rings. The first-order chi connectivity index (χ1) is 13.7. The van der Waals surface area contributed by atoms with Crippen LogP contribution in [0.4, 0.5) is 8.78 Å². The van der Waals surface area contributed by atoms with Crippen LogP contribution in [0.2, 0.25) is 5.02 Å². The molecule has 1 aromatic heterocycles. The summed E-state index contributed by atoms with van der Waals surface area (Å²) in [5.74, 6) is -2.26. The number of nitrogens with one attached hydrogen (secondary N) is 1. The van der Waals surface area contributed by atoms with Gasteiger partial charge in [-0.15, -0.1) is 0 Å². The number of halogens is 3. The maximum Gasteiger partial charge on any atom is 0.330 e. The van der Waals surface area contributed by atoms with Gasteiger partial charge in [0.05, 0.1) is 18.9 Å². The largest absolute Gasteiger partial charge is 0.463 e. The monoisotopic (exact) mass is 430 g/mol. The number of rotatable bonds is 6. The molecule has 1 aliphatic rings. The van der Waals surface area contributed by atoms with Gasteiger partial charge in [-0.05, 0) is 12.1 Å². The summed E-state index contributed by atoms with van der Waals surface area (Å²) < 4.78 is 44.8. The molecule has 1 N–H and O–H groups in total. The molecule has 3 rings (SSSR count). The van der Waals surface area contributed by atoms with E-state index < -0.39 is 47.3 Å². The zero-order valence-electron chi connectivity index (χ0n) is 15.2. The van der Waals surface area contributed by atoms with Gasteiger partial charge in [-0.2, -0.15) is 4.39 Å². The molecular weight excluding hydrogens is 414 g/mol. The number of H-pyrrole nitrogens is 1. The molecule has 0 bridgehead atoms. The predicted molar refractivity (Wildman–Crippen MR) is 96.4 cm³/mol. The third kappa shape index (κ3) is 5.08. The van der Waals surface area contributed by atoms with E-state index in [1.807, 2.05) is 4.98 Å². The molecule has 29 heavy (non-hydrogen) atoms. The number of esters is 1. The van der Waals surface area contributed by atoms with Gasteiger partial charge in [0, 0.05) is 23.9 Å². The standard InChI is InChI=1S/C18H17ClF2N2O6/c1-9(24)27-8-15-14(28-7-10-2-3-11(19)4-12(10)20)5-16(29-15)23-6-13(21)17(25)22-18(23)26/h2-4,6,14-16H,5,7-8H2,1H3,(H,22,25,26)/t14?,15-,16-/m0/s1. The summed E-state index contributed by atoms with van der Waals surface area (Å²) in [5, 5.41) is 0.239. The van der Waals surface area contributed by atoms with Crippen LogP contribution < -0.4 is 11.2 Å². The average molecular weight is 431 g/mol. The molecule has 0 amide bonds. The van der Waals surface area contributed by atoms with Gasteiger partial charge < -0.3 is 14.2 Å². The summed E-state index contributed by atoms with van der Waals surface area (Å²) in [5.41, 5.74) is -1.76. The first kappa shape index (κ1) is 21.2. The Kier molecular flexibility index (Phi) is 6.46. The topological polar surface area (TPSA) is 99.6 Å². The van der Waals surface area contributed by atoms with Gasteiger partial charge in [0.1, 0.15) is 24.8 Å². The lowest BCUT2D eigenvalue weighted by Crippen LogP contribution is -2.34. The van der Waals surface area contributed by atoms with E-state index in [1.165, 1.54) is 19.1 Å². The molecule has 3 atom stereocenters. The molecule has 2 heterocycles. The van der Waals surface area contributed by atoms with E-state index in [0.29, 0.717) is 0 Å². The normalized spacial score (nSPS) is 21.3. The van der Waals surface area contributed by atoms with Crippen LogP contribution in [0.25, 0.3) is 0 Å². The summed E-state index contributed by atoms with van der Waals surface area (Å²) in [6.07, 6.45) is -1.66. The minimum atomic E-state index is -1.16. The van der Waals surface area contributed by atoms with Crippen LogP contribution in [-0.2, 0) is 25.6 Å². The Morgan fingerprint density at radius 3 is 2.79 bits per heavy atom. The fourth-order valence-corrected chi connectivity index (χ4v) is 3.07. The van der Waals surface area contributed by atoms with Crippen molar-refractivity contribution in [2.24, 2.45) is 0 Å². The van der Waals surface area contributed by atoms with Crippen LogP contribution in [0, 0.1) is 11.6 Å². The van der Waals surface area contributed by atoms with Gasteiger partial charge in [-0.25, -0.2) is 9.18 Å². The van der Waals surface area contributed by atoms with E-state index in [0.717, 1.165) is 16.8 Å². The molecule has 1 unspecified atom stereocenters. The SMILES string of the molecule is CC(=O)OC[C@@H]1O[C@H](n2cc(F)c(=O)[nH]c2=O)CC1OCc1ccc(Cl)cc1F. The zero-order chi connectivity index (χ0) is 21.1. The number of aromatic nitrogens is 2. The first-order valence-corrected chi connectivity index (χ1v) is 8.97. The number of carbonyl (C=O) groups is 1. The molecule has 1 aliphatic heterocycles. The Hall–Kier alpha value is -2.56. The highest BCUT2D eigenvalue weighted by atomic mass is 35.5. The van der Waals surface area contributed by atoms with Crippen molar-refractivity contribution in [3.8, 4) is 0 Å². The van der Waals surface area contributed by atoms with Gasteiger partial charge in [-0.1, -0.05) is 17.7 Å². The Labute approximate surface area is 168 Å². The second-order valence-corrected chi connectivity index (χ2v) is 6.83. The lowest BCUT2D eigenvalue weighted by molar-refractivity contribution is -0.148. The third-order valence-electron chi connectivity index (χ3n) is 4.33. The van der Waals surface area contributed by atoms with Crippen molar-refractivity contribution in [2.75, 3.05) is 6.61 Å². The molecule has 0 aliphatic carbocycles. The molecule has 1 saturated heterocycles. The van der Waals surface area contributed by atoms with Crippen LogP contribution in [0.5, 0.6) is 0 Å². The number of hydrogen-bond donors (Lipinski definition) is 1. The van der Waals surface area contributed by atoms with Crippen LogP contribution in [0.1, 0.15) is 25.1 Å². The van der Waals surface area contributed by atoms with Gasteiger partial charge >= 0.3 is 11.7 Å². The Balaban J connectivity index is 1.78. The van der Waals surface area contributed by atoms with Gasteiger partial charge in [0.25, 0.3) is 5.56 Å². The van der Waals surface area contributed by atoms with E-state index in [9.17, 15) is 23.2 Å². The van der Waals surface area contributed by atoms with Crippen molar-refractivity contribution in [3.63, 3.8) is 0 Å². The second-order valence-electron chi connectivity index (χ2n) is 6.40. The molecular formula is C18H17ClF2N2O6. The Bertz CT molecular complexity index is 1020. The smallest absolute Gasteiger partial charge is 0.330 e. The number of nitrogens with zero attached hydrogens (tertiary/aromatic N) is 1. The maximum absolute atomic E-state index is 14.0. The summed E-state index contributed by atoms with van der Waals surface area (Å²) in [6, 6.07) is 4.12. The zero-order valence-corrected chi connectivity index (χ0v) is 15.9. The molecule has 0 radical (unpaired) electrons. The van der Waals surface area contributed by atoms with Crippen LogP contribution >= 0.6 is 11.6 Å². The quantitative estimate of drug-likeness (QED) is 0.703. The third-order valence-corrected chi connectivity index (χ3v) is 4.57. The lowest BCUT2D eigenvalue weighted by atomic mass is 10.1. The highest BCUT2D eigenvalue weighted by Crippen LogP contribution is 2.31. The molecule has 8 nitrogen and oxygen atoms in total. The van der Waals surface area contributed by atoms with Crippen molar-refractivity contribution >= 4 is 17.6 Å². The van der Waals surface area contributed by atoms with Gasteiger partial charge in [0.2, 0.25) is 5.82 Å². The Morgan fingerprint density at radius 1 is 1.34 bits per heavy atom. The summed E-state index contributed by atoms with van der Waals surface area (Å²) in [4.78, 5) is 36.2. The molecule has 156 valence electrons. The Morgan fingerprint density at radius 2 is 2.10 bits per heavy atom. The predicted octanol–water partition coefficient (Wildman–Crippen LogP) is 1.90. The van der Waals surface area contributed by atoms with Crippen molar-refractivity contribution < 1.29 is 27.8 Å². The number of hydrogen-bond acceptors (Lipinski definition) is 6. The minimum absolute atomic E-state index is 0.0759. The fraction of sp³-hybridized carbons (Fsp3) is 0.389. The maximum atomic E-state index is 14.0. The van der Waals surface area contributed by atoms with Crippen LogP contribution in [0.15, 0.2) is 34.0 Å². The van der Waals surface area contributed by atoms with Crippen LogP contribution in [-0.4, -0.2) is 34.3 Å². The number of ether oxygens (including phenoxy) is 3. The second kappa shape index (κ2) is 8.85. The number of benzene rings is 1. The highest BCUT2D eigenvalue weighted by molar-refractivity contribution is 6.30. The number of carbonyl (C=O) groups excluding carboxylic acids is 1. The first-order valence-electron chi connectivity index (χ1n) is 8.60. The fourth-order valence-electron chi connectivity index (χ4n) is 2.91. The van der Waals surface area contributed by atoms with Crippen LogP contribution in [0.3, 0.4) is 0 Å². The molecule has 0 saturated carbocycles. The average Bonchev–Trinajstić information content (AvgIpc) is 3.05. The molecule has 1 fully saturated rings. The minimum Gasteiger partial charge on any atom is -0.463 e. The van der Waals surface area contributed by atoms with E-state index in [2.05, 4.69) is 0 Å². The van der Waals surface area contributed by atoms with E-state index >= 15 is 0 Å². The van der Waals surface area contributed by atoms with Crippen molar-refractivity contribution in [1.29, 1.82) is 0 Å². The van der Waals surface area contributed by atoms with Crippen molar-refractivity contribution in [2.45, 2.75) is 38.4 Å². The summed E-state index contributed by atoms with van der Waals surface area (Å²) in [6.45, 7) is 0.905. The summed E-state index contributed by atoms with van der Waals surface area (Å²) >= 11 is 5.73. The van der Waals surface area contributed by atoms with E-state index in [1.54, 1.807) is 0 Å². The molecule has 11 heteroatoms. The molecule has 0 spiro atoms. The van der Waals surface area contributed by atoms with Gasteiger partial charge in [-0.3, -0.25) is 19.1 Å². The van der Waals surface area contributed by atoms with E-state index in [-0.39, 0.29) is 30.2 Å². The molecule has 1 aromatic carbocycles. The lowest BCUT2D eigenvalue weighted by Gasteiger charge is -2.18. The van der Waals surface area contributed by atoms with E-state index in [4.69, 9.17) is 25.8 Å². The van der Waals surface area contributed by atoms with Gasteiger partial charge in [0.15, 0.2) is 0 Å². The number of aromatic amines is 1. The van der Waals surface area contributed by atoms with Crippen molar-refractivity contribution in [3.05, 3.63) is 67.5 Å². The summed E-state index contributed by atoms with van der Waals surface area (Å²) in [7, 11) is 0.